The molecule has 0 radical (unpaired) electrons. The van der Waals surface area contributed by atoms with Gasteiger partial charge in [0.05, 0.1) is 40.7 Å². The van der Waals surface area contributed by atoms with Crippen molar-refractivity contribution in [3.05, 3.63) is 65.9 Å². The van der Waals surface area contributed by atoms with Gasteiger partial charge in [-0.3, -0.25) is 9.78 Å². The molecule has 2 fully saturated rings. The molecule has 0 spiro atoms. The van der Waals surface area contributed by atoms with Gasteiger partial charge in [0.25, 0.3) is 0 Å². The van der Waals surface area contributed by atoms with E-state index in [-0.39, 0.29) is 30.2 Å². The SMILES string of the molecule is N#Cc1ccc(N[C@H]2CC[C@H](OCC(=O)N3CCN(c4cnc5ccccc5c4)CC3)CC2)cc1C(F)(F)F. The van der Waals surface area contributed by atoms with Gasteiger partial charge in [-0.2, -0.15) is 18.4 Å². The van der Waals surface area contributed by atoms with E-state index in [0.717, 1.165) is 61.4 Å². The molecule has 39 heavy (non-hydrogen) atoms. The van der Waals surface area contributed by atoms with Crippen LogP contribution < -0.4 is 10.2 Å². The molecule has 1 amide bonds. The van der Waals surface area contributed by atoms with Crippen molar-refractivity contribution in [1.29, 1.82) is 5.26 Å². The fourth-order valence-corrected chi connectivity index (χ4v) is 5.30. The smallest absolute Gasteiger partial charge is 0.382 e. The molecular formula is C29H30F3N5O2. The van der Waals surface area contributed by atoms with Gasteiger partial charge in [-0.15, -0.1) is 0 Å². The zero-order valence-corrected chi connectivity index (χ0v) is 21.5. The highest BCUT2D eigenvalue weighted by Crippen LogP contribution is 2.34. The molecule has 1 aromatic heterocycles. The minimum absolute atomic E-state index is 0.00671. The number of pyridine rings is 1. The number of amides is 1. The van der Waals surface area contributed by atoms with Crippen molar-refractivity contribution >= 4 is 28.2 Å². The Kier molecular flexibility index (Phi) is 7.89. The second-order valence-corrected chi connectivity index (χ2v) is 10.1. The molecule has 1 N–H and O–H groups in total. The second kappa shape index (κ2) is 11.5. The van der Waals surface area contributed by atoms with E-state index in [4.69, 9.17) is 10.00 Å². The van der Waals surface area contributed by atoms with E-state index < -0.39 is 11.7 Å². The number of rotatable bonds is 6. The molecule has 7 nitrogen and oxygen atoms in total. The van der Waals surface area contributed by atoms with E-state index in [1.165, 1.54) is 12.1 Å². The summed E-state index contributed by atoms with van der Waals surface area (Å²) in [6.45, 7) is 2.74. The predicted octanol–water partition coefficient (Wildman–Crippen LogP) is 5.21. The first-order valence-electron chi connectivity index (χ1n) is 13.2. The number of aromatic nitrogens is 1. The van der Waals surface area contributed by atoms with Crippen molar-refractivity contribution in [3.8, 4) is 6.07 Å². The molecule has 1 saturated heterocycles. The van der Waals surface area contributed by atoms with Crippen molar-refractivity contribution < 1.29 is 22.7 Å². The maximum atomic E-state index is 13.2. The Labute approximate surface area is 225 Å². The number of piperazine rings is 1. The average Bonchev–Trinajstić information content (AvgIpc) is 2.96. The van der Waals surface area contributed by atoms with Crippen LogP contribution in [-0.2, 0) is 15.7 Å². The Morgan fingerprint density at radius 2 is 1.79 bits per heavy atom. The highest BCUT2D eigenvalue weighted by molar-refractivity contribution is 5.82. The molecule has 0 atom stereocenters. The van der Waals surface area contributed by atoms with E-state index >= 15 is 0 Å². The molecule has 1 aliphatic carbocycles. The van der Waals surface area contributed by atoms with Gasteiger partial charge in [0.1, 0.15) is 6.61 Å². The summed E-state index contributed by atoms with van der Waals surface area (Å²) in [4.78, 5) is 21.4. The fraction of sp³-hybridized carbons (Fsp3) is 0.414. The highest BCUT2D eigenvalue weighted by Gasteiger charge is 2.34. The van der Waals surface area contributed by atoms with E-state index in [9.17, 15) is 18.0 Å². The van der Waals surface area contributed by atoms with Gasteiger partial charge < -0.3 is 19.9 Å². The van der Waals surface area contributed by atoms with Crippen LogP contribution in [0.5, 0.6) is 0 Å². The van der Waals surface area contributed by atoms with Crippen LogP contribution in [0.15, 0.2) is 54.7 Å². The van der Waals surface area contributed by atoms with Crippen LogP contribution in [0.1, 0.15) is 36.8 Å². The van der Waals surface area contributed by atoms with E-state index in [0.29, 0.717) is 18.8 Å². The minimum Gasteiger partial charge on any atom is -0.382 e. The Hall–Kier alpha value is -3.84. The van der Waals surface area contributed by atoms with Gasteiger partial charge in [-0.1, -0.05) is 18.2 Å². The van der Waals surface area contributed by atoms with Crippen LogP contribution in [-0.4, -0.2) is 60.7 Å². The third kappa shape index (κ3) is 6.42. The largest absolute Gasteiger partial charge is 0.417 e. The number of hydrogen-bond acceptors (Lipinski definition) is 6. The fourth-order valence-electron chi connectivity index (χ4n) is 5.30. The average molecular weight is 538 g/mol. The number of anilines is 2. The molecule has 1 aliphatic heterocycles. The molecule has 0 unspecified atom stereocenters. The predicted molar refractivity (Wildman–Crippen MR) is 142 cm³/mol. The van der Waals surface area contributed by atoms with Crippen molar-refractivity contribution in [2.24, 2.45) is 0 Å². The topological polar surface area (TPSA) is 81.5 Å². The van der Waals surface area contributed by atoms with Crippen molar-refractivity contribution in [2.75, 3.05) is 43.0 Å². The summed E-state index contributed by atoms with van der Waals surface area (Å²) in [6, 6.07) is 15.4. The van der Waals surface area contributed by atoms with Gasteiger partial charge in [-0.25, -0.2) is 0 Å². The summed E-state index contributed by atoms with van der Waals surface area (Å²) in [5, 5.41) is 13.2. The standard InChI is InChI=1S/C29H30F3N5O2/c30-29(31,32)26-16-23(6-5-21(26)17-33)35-22-7-9-25(10-8-22)39-19-28(38)37-13-11-36(12-14-37)24-15-20-3-1-2-4-27(20)34-18-24/h1-6,15-16,18,22,25,35H,7-14,19H2/t22-,25-. The quantitative estimate of drug-likeness (QED) is 0.465. The highest BCUT2D eigenvalue weighted by atomic mass is 19.4. The van der Waals surface area contributed by atoms with Crippen molar-refractivity contribution in [3.63, 3.8) is 0 Å². The lowest BCUT2D eigenvalue weighted by molar-refractivity contribution is -0.139. The molecule has 1 saturated carbocycles. The van der Waals surface area contributed by atoms with E-state index in [2.05, 4.69) is 21.3 Å². The molecular weight excluding hydrogens is 507 g/mol. The molecule has 2 aromatic carbocycles. The van der Waals surface area contributed by atoms with Crippen LogP contribution in [0.4, 0.5) is 24.5 Å². The maximum absolute atomic E-state index is 13.2. The number of carbonyl (C=O) groups is 1. The van der Waals surface area contributed by atoms with Crippen LogP contribution in [0, 0.1) is 11.3 Å². The summed E-state index contributed by atoms with van der Waals surface area (Å²) in [5.74, 6) is -0.0243. The number of hydrogen-bond donors (Lipinski definition) is 1. The number of benzene rings is 2. The van der Waals surface area contributed by atoms with E-state index in [1.807, 2.05) is 35.4 Å². The summed E-state index contributed by atoms with van der Waals surface area (Å²) in [5.41, 5.74) is 1.04. The number of nitrogens with zero attached hydrogens (tertiary/aromatic N) is 4. The van der Waals surface area contributed by atoms with Gasteiger partial charge in [0.2, 0.25) is 5.91 Å². The molecule has 2 aliphatic rings. The minimum atomic E-state index is -4.58. The van der Waals surface area contributed by atoms with Crippen molar-refractivity contribution in [1.82, 2.24) is 9.88 Å². The summed E-state index contributed by atoms with van der Waals surface area (Å²) in [6.07, 6.45) is 0.124. The molecule has 10 heteroatoms. The normalized spacial score (nSPS) is 20.1. The number of para-hydroxylation sites is 1. The number of nitrogens with one attached hydrogen (secondary N) is 1. The van der Waals surface area contributed by atoms with Gasteiger partial charge in [0, 0.05) is 43.3 Å². The first-order chi connectivity index (χ1) is 18.8. The number of halogens is 3. The molecule has 0 bridgehead atoms. The third-order valence-electron chi connectivity index (χ3n) is 7.51. The lowest BCUT2D eigenvalue weighted by atomic mass is 9.92. The Bertz CT molecular complexity index is 1360. The lowest BCUT2D eigenvalue weighted by Gasteiger charge is -2.36. The lowest BCUT2D eigenvalue weighted by Crippen LogP contribution is -2.50. The number of ether oxygens (including phenoxy) is 1. The van der Waals surface area contributed by atoms with Crippen LogP contribution in [0.3, 0.4) is 0 Å². The van der Waals surface area contributed by atoms with Crippen LogP contribution in [0.2, 0.25) is 0 Å². The van der Waals surface area contributed by atoms with Gasteiger partial charge >= 0.3 is 6.18 Å². The summed E-state index contributed by atoms with van der Waals surface area (Å²) in [7, 11) is 0. The number of fused-ring (bicyclic) bond motifs is 1. The number of carbonyl (C=O) groups excluding carboxylic acids is 1. The summed E-state index contributed by atoms with van der Waals surface area (Å²) < 4.78 is 45.7. The molecule has 5 rings (SSSR count). The second-order valence-electron chi connectivity index (χ2n) is 10.1. The number of nitriles is 1. The van der Waals surface area contributed by atoms with Crippen LogP contribution in [0.25, 0.3) is 10.9 Å². The molecule has 3 aromatic rings. The molecule has 2 heterocycles. The first kappa shape index (κ1) is 26.8. The zero-order chi connectivity index (χ0) is 27.4. The Balaban J connectivity index is 1.05. The van der Waals surface area contributed by atoms with Crippen LogP contribution >= 0.6 is 0 Å². The number of alkyl halides is 3. The van der Waals surface area contributed by atoms with Gasteiger partial charge in [0.15, 0.2) is 0 Å². The zero-order valence-electron chi connectivity index (χ0n) is 21.5. The van der Waals surface area contributed by atoms with E-state index in [1.54, 1.807) is 6.07 Å². The first-order valence-corrected chi connectivity index (χ1v) is 13.2. The molecule has 204 valence electrons. The van der Waals surface area contributed by atoms with Gasteiger partial charge in [-0.05, 0) is 56.0 Å². The summed E-state index contributed by atoms with van der Waals surface area (Å²) >= 11 is 0. The third-order valence-corrected chi connectivity index (χ3v) is 7.51. The Morgan fingerprint density at radius 1 is 1.05 bits per heavy atom. The maximum Gasteiger partial charge on any atom is 0.417 e. The monoisotopic (exact) mass is 537 g/mol. The Morgan fingerprint density at radius 3 is 2.51 bits per heavy atom. The van der Waals surface area contributed by atoms with Crippen molar-refractivity contribution in [2.45, 2.75) is 44.0 Å².